The van der Waals surface area contributed by atoms with Crippen molar-refractivity contribution >= 4 is 29.9 Å². The Kier molecular flexibility index (Phi) is 11.6. The van der Waals surface area contributed by atoms with Gasteiger partial charge in [-0.3, -0.25) is 4.99 Å². The van der Waals surface area contributed by atoms with E-state index >= 15 is 0 Å². The van der Waals surface area contributed by atoms with Crippen LogP contribution in [0.5, 0.6) is 5.75 Å². The van der Waals surface area contributed by atoms with Crippen molar-refractivity contribution < 1.29 is 14.2 Å². The lowest BCUT2D eigenvalue weighted by Gasteiger charge is -2.22. The minimum absolute atomic E-state index is 0. The standard InChI is InChI=1S/C19H31N3O3.HI/c1-20-19(22(2)10-12-25-14-16-7-8-16)21-9-11-24-15-17-5-4-6-18(13-17)23-3;/h4-6,13,16H,7-12,14-15H2,1-3H3,(H,20,21);1H. The molecule has 0 spiro atoms. The van der Waals surface area contributed by atoms with Gasteiger partial charge in [0, 0.05) is 33.8 Å². The molecule has 148 valence electrons. The Morgan fingerprint density at radius 2 is 2.08 bits per heavy atom. The normalized spacial score (nSPS) is 13.9. The van der Waals surface area contributed by atoms with E-state index in [-0.39, 0.29) is 24.0 Å². The van der Waals surface area contributed by atoms with Gasteiger partial charge < -0.3 is 24.4 Å². The van der Waals surface area contributed by atoms with Crippen molar-refractivity contribution in [1.29, 1.82) is 0 Å². The van der Waals surface area contributed by atoms with Crippen LogP contribution < -0.4 is 10.1 Å². The quantitative estimate of drug-likeness (QED) is 0.230. The number of likely N-dealkylation sites (N-methyl/N-ethyl adjacent to an activating group) is 1. The van der Waals surface area contributed by atoms with Crippen LogP contribution in [0.2, 0.25) is 0 Å². The minimum Gasteiger partial charge on any atom is -0.497 e. The molecule has 0 heterocycles. The number of aliphatic imine (C=N–C) groups is 1. The Labute approximate surface area is 174 Å². The number of hydrogen-bond acceptors (Lipinski definition) is 4. The van der Waals surface area contributed by atoms with Gasteiger partial charge in [-0.2, -0.15) is 0 Å². The van der Waals surface area contributed by atoms with Gasteiger partial charge in [-0.25, -0.2) is 0 Å². The van der Waals surface area contributed by atoms with Crippen molar-refractivity contribution in [2.75, 3.05) is 54.1 Å². The van der Waals surface area contributed by atoms with E-state index in [1.54, 1.807) is 14.2 Å². The van der Waals surface area contributed by atoms with Crippen LogP contribution in [-0.4, -0.2) is 65.0 Å². The topological polar surface area (TPSA) is 55.3 Å². The Bertz CT molecular complexity index is 539. The van der Waals surface area contributed by atoms with Crippen molar-refractivity contribution in [1.82, 2.24) is 10.2 Å². The van der Waals surface area contributed by atoms with E-state index in [1.165, 1.54) is 12.8 Å². The first kappa shape index (κ1) is 23.0. The molecule has 2 rings (SSSR count). The van der Waals surface area contributed by atoms with Gasteiger partial charge in [0.25, 0.3) is 0 Å². The van der Waals surface area contributed by atoms with Gasteiger partial charge in [0.05, 0.1) is 26.9 Å². The van der Waals surface area contributed by atoms with Crippen molar-refractivity contribution in [2.24, 2.45) is 10.9 Å². The van der Waals surface area contributed by atoms with Gasteiger partial charge in [0.1, 0.15) is 5.75 Å². The van der Waals surface area contributed by atoms with Crippen molar-refractivity contribution in [3.8, 4) is 5.75 Å². The van der Waals surface area contributed by atoms with E-state index in [0.29, 0.717) is 19.8 Å². The van der Waals surface area contributed by atoms with Crippen LogP contribution >= 0.6 is 24.0 Å². The Hall–Kier alpha value is -1.06. The van der Waals surface area contributed by atoms with E-state index in [2.05, 4.69) is 15.2 Å². The Morgan fingerprint density at radius 3 is 2.77 bits per heavy atom. The number of nitrogens with zero attached hydrogens (tertiary/aromatic N) is 2. The molecule has 1 N–H and O–H groups in total. The second-order valence-corrected chi connectivity index (χ2v) is 6.32. The molecule has 1 saturated carbocycles. The second-order valence-electron chi connectivity index (χ2n) is 6.32. The summed E-state index contributed by atoms with van der Waals surface area (Å²) in [6, 6.07) is 7.92. The second kappa shape index (κ2) is 13.2. The molecule has 0 radical (unpaired) electrons. The summed E-state index contributed by atoms with van der Waals surface area (Å²) in [4.78, 5) is 6.37. The predicted molar refractivity (Wildman–Crippen MR) is 116 cm³/mol. The first-order valence-corrected chi connectivity index (χ1v) is 8.93. The molecule has 0 amide bonds. The van der Waals surface area contributed by atoms with E-state index in [4.69, 9.17) is 14.2 Å². The maximum absolute atomic E-state index is 5.71. The molecule has 1 aliphatic carbocycles. The highest BCUT2D eigenvalue weighted by Gasteiger charge is 2.21. The molecule has 1 aromatic rings. The highest BCUT2D eigenvalue weighted by Crippen LogP contribution is 2.28. The van der Waals surface area contributed by atoms with Crippen LogP contribution in [0, 0.1) is 5.92 Å². The summed E-state index contributed by atoms with van der Waals surface area (Å²) in [5.74, 6) is 2.52. The fourth-order valence-electron chi connectivity index (χ4n) is 2.41. The summed E-state index contributed by atoms with van der Waals surface area (Å²) in [7, 11) is 5.48. The van der Waals surface area contributed by atoms with Gasteiger partial charge in [-0.05, 0) is 36.5 Å². The number of methoxy groups -OCH3 is 1. The van der Waals surface area contributed by atoms with Crippen molar-refractivity contribution in [3.63, 3.8) is 0 Å². The molecule has 0 saturated heterocycles. The van der Waals surface area contributed by atoms with Crippen LogP contribution in [0.4, 0.5) is 0 Å². The first-order valence-electron chi connectivity index (χ1n) is 8.93. The van der Waals surface area contributed by atoms with Gasteiger partial charge >= 0.3 is 0 Å². The molecular weight excluding hydrogens is 445 g/mol. The molecular formula is C19H32IN3O3. The van der Waals surface area contributed by atoms with Crippen LogP contribution in [-0.2, 0) is 16.1 Å². The Balaban J connectivity index is 0.00000338. The number of benzene rings is 1. The summed E-state index contributed by atoms with van der Waals surface area (Å²) in [5, 5.41) is 3.31. The molecule has 6 nitrogen and oxygen atoms in total. The molecule has 26 heavy (non-hydrogen) atoms. The van der Waals surface area contributed by atoms with Gasteiger partial charge in [0.2, 0.25) is 0 Å². The maximum atomic E-state index is 5.71. The number of ether oxygens (including phenoxy) is 3. The SMILES string of the molecule is CN=C(NCCOCc1cccc(OC)c1)N(C)CCOCC1CC1.I. The molecule has 0 aliphatic heterocycles. The fraction of sp³-hybridized carbons (Fsp3) is 0.632. The number of nitrogens with one attached hydrogen (secondary N) is 1. The van der Waals surface area contributed by atoms with E-state index in [0.717, 1.165) is 42.9 Å². The van der Waals surface area contributed by atoms with E-state index in [9.17, 15) is 0 Å². The highest BCUT2D eigenvalue weighted by atomic mass is 127. The molecule has 0 aromatic heterocycles. The molecule has 0 bridgehead atoms. The average Bonchev–Trinajstić information content (AvgIpc) is 3.46. The third-order valence-corrected chi connectivity index (χ3v) is 4.13. The molecule has 0 unspecified atom stereocenters. The number of halogens is 1. The lowest BCUT2D eigenvalue weighted by atomic mass is 10.2. The Morgan fingerprint density at radius 1 is 1.27 bits per heavy atom. The van der Waals surface area contributed by atoms with Gasteiger partial charge in [-0.15, -0.1) is 24.0 Å². The fourth-order valence-corrected chi connectivity index (χ4v) is 2.41. The van der Waals surface area contributed by atoms with Crippen LogP contribution in [0.1, 0.15) is 18.4 Å². The molecule has 1 fully saturated rings. The number of rotatable bonds is 11. The smallest absolute Gasteiger partial charge is 0.193 e. The molecule has 1 aromatic carbocycles. The van der Waals surface area contributed by atoms with E-state index < -0.39 is 0 Å². The van der Waals surface area contributed by atoms with Crippen molar-refractivity contribution in [3.05, 3.63) is 29.8 Å². The highest BCUT2D eigenvalue weighted by molar-refractivity contribution is 14.0. The number of hydrogen-bond donors (Lipinski definition) is 1. The van der Waals surface area contributed by atoms with Crippen LogP contribution in [0.15, 0.2) is 29.3 Å². The van der Waals surface area contributed by atoms with E-state index in [1.807, 2.05) is 31.3 Å². The zero-order chi connectivity index (χ0) is 17.9. The minimum atomic E-state index is 0. The average molecular weight is 477 g/mol. The monoisotopic (exact) mass is 477 g/mol. The van der Waals surface area contributed by atoms with Gasteiger partial charge in [0.15, 0.2) is 5.96 Å². The predicted octanol–water partition coefficient (Wildman–Crippen LogP) is 2.76. The maximum Gasteiger partial charge on any atom is 0.193 e. The summed E-state index contributed by atoms with van der Waals surface area (Å²) < 4.78 is 16.6. The molecule has 7 heteroatoms. The largest absolute Gasteiger partial charge is 0.497 e. The lowest BCUT2D eigenvalue weighted by molar-refractivity contribution is 0.113. The number of guanidine groups is 1. The summed E-state index contributed by atoms with van der Waals surface area (Å²) in [6.45, 7) is 4.36. The lowest BCUT2D eigenvalue weighted by Crippen LogP contribution is -2.41. The zero-order valence-electron chi connectivity index (χ0n) is 16.1. The summed E-state index contributed by atoms with van der Waals surface area (Å²) >= 11 is 0. The first-order chi connectivity index (χ1) is 12.2. The summed E-state index contributed by atoms with van der Waals surface area (Å²) in [5.41, 5.74) is 1.11. The third kappa shape index (κ3) is 9.05. The van der Waals surface area contributed by atoms with Crippen LogP contribution in [0.3, 0.4) is 0 Å². The molecule has 1 aliphatic rings. The van der Waals surface area contributed by atoms with Gasteiger partial charge in [-0.1, -0.05) is 12.1 Å². The molecule has 0 atom stereocenters. The zero-order valence-corrected chi connectivity index (χ0v) is 18.4. The third-order valence-electron chi connectivity index (χ3n) is 4.13. The van der Waals surface area contributed by atoms with Crippen LogP contribution in [0.25, 0.3) is 0 Å². The van der Waals surface area contributed by atoms with Crippen molar-refractivity contribution in [2.45, 2.75) is 19.4 Å². The summed E-state index contributed by atoms with van der Waals surface area (Å²) in [6.07, 6.45) is 2.66.